The van der Waals surface area contributed by atoms with Gasteiger partial charge in [-0.05, 0) is 37.7 Å². The van der Waals surface area contributed by atoms with Gasteiger partial charge in [-0.3, -0.25) is 9.48 Å². The number of hydrogen-bond donors (Lipinski definition) is 2. The Bertz CT molecular complexity index is 450. The van der Waals surface area contributed by atoms with Crippen molar-refractivity contribution in [3.05, 3.63) is 17.5 Å². The summed E-state index contributed by atoms with van der Waals surface area (Å²) in [5, 5.41) is 7.36. The minimum absolute atomic E-state index is 0. The van der Waals surface area contributed by atoms with Gasteiger partial charge in [0.25, 0.3) is 5.91 Å². The van der Waals surface area contributed by atoms with Crippen molar-refractivity contribution in [1.82, 2.24) is 15.1 Å². The summed E-state index contributed by atoms with van der Waals surface area (Å²) < 4.78 is 1.79. The quantitative estimate of drug-likeness (QED) is 0.896. The molecule has 0 atom stereocenters. The van der Waals surface area contributed by atoms with Crippen LogP contribution < -0.4 is 11.1 Å². The Kier molecular flexibility index (Phi) is 6.02. The van der Waals surface area contributed by atoms with Crippen LogP contribution in [0.15, 0.2) is 6.07 Å². The maximum absolute atomic E-state index is 12.2. The number of carbonyl (C=O) groups excluding carboxylic acids is 1. The molecule has 1 amide bonds. The molecule has 0 unspecified atom stereocenters. The standard InChI is InChI=1S/C14H24N4O.ClH/c1-9(2)13-8-12(17-18(13)3)14(19)16-11-6-4-10(15)5-7-11;/h8-11H,4-7,15H2,1-3H3,(H,16,19);1H. The highest BCUT2D eigenvalue weighted by Crippen LogP contribution is 2.18. The Labute approximate surface area is 126 Å². The number of nitrogens with one attached hydrogen (secondary N) is 1. The molecule has 0 aromatic carbocycles. The third-order valence-corrected chi connectivity index (χ3v) is 3.85. The molecule has 1 aliphatic carbocycles. The minimum atomic E-state index is -0.0667. The van der Waals surface area contributed by atoms with Gasteiger partial charge in [0.2, 0.25) is 0 Å². The molecule has 0 bridgehead atoms. The first kappa shape index (κ1) is 17.0. The van der Waals surface area contributed by atoms with E-state index in [0.29, 0.717) is 17.7 Å². The topological polar surface area (TPSA) is 72.9 Å². The van der Waals surface area contributed by atoms with Crippen LogP contribution in [0.25, 0.3) is 0 Å². The molecule has 2 rings (SSSR count). The zero-order valence-corrected chi connectivity index (χ0v) is 13.2. The summed E-state index contributed by atoms with van der Waals surface area (Å²) in [6.45, 7) is 4.20. The molecule has 1 heterocycles. The second-order valence-electron chi connectivity index (χ2n) is 5.82. The molecule has 1 aromatic rings. The van der Waals surface area contributed by atoms with E-state index in [9.17, 15) is 4.79 Å². The Morgan fingerprint density at radius 2 is 2.00 bits per heavy atom. The predicted octanol–water partition coefficient (Wildman–Crippen LogP) is 1.96. The van der Waals surface area contributed by atoms with Gasteiger partial charge in [0.05, 0.1) is 0 Å². The van der Waals surface area contributed by atoms with Crippen LogP contribution in [0, 0.1) is 0 Å². The first-order chi connectivity index (χ1) is 8.97. The molecule has 1 fully saturated rings. The highest BCUT2D eigenvalue weighted by atomic mass is 35.5. The van der Waals surface area contributed by atoms with Crippen LogP contribution in [0.1, 0.15) is 61.6 Å². The number of hydrogen-bond acceptors (Lipinski definition) is 3. The third kappa shape index (κ3) is 3.96. The molecule has 0 aliphatic heterocycles. The highest BCUT2D eigenvalue weighted by molar-refractivity contribution is 5.92. The van der Waals surface area contributed by atoms with Crippen LogP contribution in [0.2, 0.25) is 0 Å². The van der Waals surface area contributed by atoms with E-state index >= 15 is 0 Å². The smallest absolute Gasteiger partial charge is 0.272 e. The number of amides is 1. The molecular weight excluding hydrogens is 276 g/mol. The van der Waals surface area contributed by atoms with Crippen molar-refractivity contribution in [3.8, 4) is 0 Å². The second-order valence-corrected chi connectivity index (χ2v) is 5.82. The van der Waals surface area contributed by atoms with Crippen molar-refractivity contribution in [2.45, 2.75) is 57.5 Å². The number of nitrogens with two attached hydrogens (primary N) is 1. The van der Waals surface area contributed by atoms with Crippen LogP contribution >= 0.6 is 12.4 Å². The molecule has 1 aromatic heterocycles. The first-order valence-electron chi connectivity index (χ1n) is 7.07. The maximum atomic E-state index is 12.2. The summed E-state index contributed by atoms with van der Waals surface area (Å²) in [5.74, 6) is 0.301. The monoisotopic (exact) mass is 300 g/mol. The van der Waals surface area contributed by atoms with E-state index in [-0.39, 0.29) is 24.4 Å². The molecule has 3 N–H and O–H groups in total. The van der Waals surface area contributed by atoms with E-state index in [2.05, 4.69) is 24.3 Å². The molecule has 20 heavy (non-hydrogen) atoms. The van der Waals surface area contributed by atoms with Crippen molar-refractivity contribution in [1.29, 1.82) is 0 Å². The van der Waals surface area contributed by atoms with Crippen LogP contribution in [-0.4, -0.2) is 27.8 Å². The fourth-order valence-electron chi connectivity index (χ4n) is 2.66. The average molecular weight is 301 g/mol. The van der Waals surface area contributed by atoms with Crippen LogP contribution in [0.4, 0.5) is 0 Å². The Balaban J connectivity index is 0.00000200. The van der Waals surface area contributed by atoms with E-state index in [1.165, 1.54) is 0 Å². The summed E-state index contributed by atoms with van der Waals surface area (Å²) in [6, 6.07) is 2.43. The number of halogens is 1. The van der Waals surface area contributed by atoms with Crippen molar-refractivity contribution < 1.29 is 4.79 Å². The lowest BCUT2D eigenvalue weighted by Gasteiger charge is -2.26. The molecule has 1 saturated carbocycles. The number of carbonyl (C=O) groups is 1. The van der Waals surface area contributed by atoms with Gasteiger partial charge in [-0.15, -0.1) is 12.4 Å². The predicted molar refractivity (Wildman–Crippen MR) is 82.2 cm³/mol. The van der Waals surface area contributed by atoms with Gasteiger partial charge in [0.15, 0.2) is 0 Å². The molecule has 1 aliphatic rings. The fraction of sp³-hybridized carbons (Fsp3) is 0.714. The molecule has 6 heteroatoms. The molecular formula is C14H25ClN4O. The Morgan fingerprint density at radius 1 is 1.40 bits per heavy atom. The van der Waals surface area contributed by atoms with Gasteiger partial charge < -0.3 is 11.1 Å². The lowest BCUT2D eigenvalue weighted by molar-refractivity contribution is 0.0920. The van der Waals surface area contributed by atoms with E-state index in [1.807, 2.05) is 13.1 Å². The fourth-order valence-corrected chi connectivity index (χ4v) is 2.66. The van der Waals surface area contributed by atoms with Gasteiger partial charge >= 0.3 is 0 Å². The normalized spacial score (nSPS) is 22.4. The number of rotatable bonds is 3. The zero-order chi connectivity index (χ0) is 14.0. The summed E-state index contributed by atoms with van der Waals surface area (Å²) in [6.07, 6.45) is 3.92. The average Bonchev–Trinajstić information content (AvgIpc) is 2.74. The third-order valence-electron chi connectivity index (χ3n) is 3.85. The molecule has 114 valence electrons. The van der Waals surface area contributed by atoms with E-state index in [0.717, 1.165) is 31.4 Å². The largest absolute Gasteiger partial charge is 0.348 e. The van der Waals surface area contributed by atoms with E-state index in [1.54, 1.807) is 4.68 Å². The summed E-state index contributed by atoms with van der Waals surface area (Å²) in [5.41, 5.74) is 7.46. The van der Waals surface area contributed by atoms with Gasteiger partial charge in [-0.25, -0.2) is 0 Å². The van der Waals surface area contributed by atoms with Crippen molar-refractivity contribution in [3.63, 3.8) is 0 Å². The van der Waals surface area contributed by atoms with Crippen LogP contribution in [-0.2, 0) is 7.05 Å². The first-order valence-corrected chi connectivity index (χ1v) is 7.07. The Morgan fingerprint density at radius 3 is 2.50 bits per heavy atom. The maximum Gasteiger partial charge on any atom is 0.272 e. The molecule has 5 nitrogen and oxygen atoms in total. The van der Waals surface area contributed by atoms with Gasteiger partial charge in [0.1, 0.15) is 5.69 Å². The summed E-state index contributed by atoms with van der Waals surface area (Å²) in [7, 11) is 1.88. The zero-order valence-electron chi connectivity index (χ0n) is 12.4. The highest BCUT2D eigenvalue weighted by Gasteiger charge is 2.22. The summed E-state index contributed by atoms with van der Waals surface area (Å²) in [4.78, 5) is 12.2. The van der Waals surface area contributed by atoms with Gasteiger partial charge in [-0.1, -0.05) is 13.8 Å². The number of nitrogens with zero attached hydrogens (tertiary/aromatic N) is 2. The second kappa shape index (κ2) is 7.09. The minimum Gasteiger partial charge on any atom is -0.348 e. The molecule has 0 radical (unpaired) electrons. The lowest BCUT2D eigenvalue weighted by Crippen LogP contribution is -2.40. The van der Waals surface area contributed by atoms with Gasteiger partial charge in [0, 0.05) is 24.8 Å². The van der Waals surface area contributed by atoms with Gasteiger partial charge in [-0.2, -0.15) is 5.10 Å². The number of aryl methyl sites for hydroxylation is 1. The van der Waals surface area contributed by atoms with E-state index in [4.69, 9.17) is 5.73 Å². The number of aromatic nitrogens is 2. The van der Waals surface area contributed by atoms with Crippen LogP contribution in [0.3, 0.4) is 0 Å². The van der Waals surface area contributed by atoms with Crippen molar-refractivity contribution in [2.24, 2.45) is 12.8 Å². The Hall–Kier alpha value is -1.07. The molecule has 0 spiro atoms. The SMILES string of the molecule is CC(C)c1cc(C(=O)NC2CCC(N)CC2)nn1C.Cl. The van der Waals surface area contributed by atoms with Crippen molar-refractivity contribution in [2.75, 3.05) is 0 Å². The van der Waals surface area contributed by atoms with E-state index < -0.39 is 0 Å². The summed E-state index contributed by atoms with van der Waals surface area (Å²) >= 11 is 0. The van der Waals surface area contributed by atoms with Crippen molar-refractivity contribution >= 4 is 18.3 Å². The van der Waals surface area contributed by atoms with Crippen LogP contribution in [0.5, 0.6) is 0 Å². The molecule has 0 saturated heterocycles. The lowest BCUT2D eigenvalue weighted by atomic mass is 9.92.